The van der Waals surface area contributed by atoms with Gasteiger partial charge in [-0.1, -0.05) is 4.40 Å². The van der Waals surface area contributed by atoms with E-state index in [9.17, 15) is 17.7 Å². The Hall–Kier alpha value is -0.230. The van der Waals surface area contributed by atoms with Gasteiger partial charge in [-0.25, -0.2) is 0 Å². The third-order valence-electron chi connectivity index (χ3n) is 1.25. The zero-order chi connectivity index (χ0) is 11.4. The van der Waals surface area contributed by atoms with E-state index < -0.39 is 28.7 Å². The molecule has 0 rings (SSSR count). The largest absolute Gasteiger partial charge is 0.591 e. The van der Waals surface area contributed by atoms with Gasteiger partial charge < -0.3 is 4.55 Å². The molecular formula is C8H14F3NOS. The molecule has 1 atom stereocenters. The van der Waals surface area contributed by atoms with Crippen LogP contribution in [-0.4, -0.2) is 21.7 Å². The summed E-state index contributed by atoms with van der Waals surface area (Å²) in [7, 11) is 0. The number of halogens is 3. The monoisotopic (exact) mass is 229 g/mol. The van der Waals surface area contributed by atoms with Crippen LogP contribution >= 0.6 is 0 Å². The highest BCUT2D eigenvalue weighted by molar-refractivity contribution is 7.91. The summed E-state index contributed by atoms with van der Waals surface area (Å²) in [6.07, 6.45) is -4.23. The van der Waals surface area contributed by atoms with Crippen LogP contribution in [0.5, 0.6) is 0 Å². The van der Waals surface area contributed by atoms with E-state index in [2.05, 4.69) is 4.40 Å². The molecule has 0 aromatic carbocycles. The number of alkyl halides is 3. The van der Waals surface area contributed by atoms with Crippen molar-refractivity contribution in [2.24, 2.45) is 4.40 Å². The van der Waals surface area contributed by atoms with Gasteiger partial charge in [0.2, 0.25) is 0 Å². The molecule has 2 nitrogen and oxygen atoms in total. The predicted molar refractivity (Wildman–Crippen MR) is 51.7 cm³/mol. The smallest absolute Gasteiger partial charge is 0.389 e. The van der Waals surface area contributed by atoms with Crippen LogP contribution < -0.4 is 0 Å². The molecule has 0 fully saturated rings. The average molecular weight is 229 g/mol. The molecule has 0 heterocycles. The SMILES string of the molecule is CC(C)(C)[S@@+]([O-])/N=C/CCC(F)(F)F. The van der Waals surface area contributed by atoms with Crippen LogP contribution in [0.4, 0.5) is 13.2 Å². The summed E-state index contributed by atoms with van der Waals surface area (Å²) in [6, 6.07) is 0. The van der Waals surface area contributed by atoms with E-state index in [4.69, 9.17) is 0 Å². The van der Waals surface area contributed by atoms with Gasteiger partial charge in [-0.15, -0.1) is 0 Å². The first kappa shape index (κ1) is 13.8. The molecule has 0 saturated carbocycles. The van der Waals surface area contributed by atoms with Crippen molar-refractivity contribution in [1.29, 1.82) is 0 Å². The topological polar surface area (TPSA) is 35.4 Å². The minimum absolute atomic E-state index is 0.217. The Labute approximate surface area is 84.9 Å². The molecule has 0 aromatic heterocycles. The fourth-order valence-electron chi connectivity index (χ4n) is 0.507. The normalized spacial score (nSPS) is 16.2. The van der Waals surface area contributed by atoms with Crippen molar-refractivity contribution in [3.05, 3.63) is 0 Å². The molecule has 0 aliphatic carbocycles. The third kappa shape index (κ3) is 7.20. The number of nitrogens with zero attached hydrogens (tertiary/aromatic N) is 1. The molecule has 0 spiro atoms. The molecule has 0 amide bonds. The molecular weight excluding hydrogens is 215 g/mol. The minimum Gasteiger partial charge on any atom is -0.591 e. The molecule has 0 radical (unpaired) electrons. The lowest BCUT2D eigenvalue weighted by Gasteiger charge is -2.17. The maximum absolute atomic E-state index is 11.7. The summed E-state index contributed by atoms with van der Waals surface area (Å²) in [5.41, 5.74) is 0. The van der Waals surface area contributed by atoms with Gasteiger partial charge in [0.05, 0.1) is 6.21 Å². The Balaban J connectivity index is 3.85. The van der Waals surface area contributed by atoms with Crippen molar-refractivity contribution in [1.82, 2.24) is 0 Å². The van der Waals surface area contributed by atoms with Crippen molar-refractivity contribution < 1.29 is 17.7 Å². The Morgan fingerprint density at radius 1 is 1.29 bits per heavy atom. The molecule has 0 aliphatic rings. The summed E-state index contributed by atoms with van der Waals surface area (Å²) in [6.45, 7) is 5.14. The predicted octanol–water partition coefficient (Wildman–Crippen LogP) is 2.86. The van der Waals surface area contributed by atoms with Crippen LogP contribution in [0.25, 0.3) is 0 Å². The lowest BCUT2D eigenvalue weighted by atomic mass is 10.3. The van der Waals surface area contributed by atoms with Gasteiger partial charge in [0.25, 0.3) is 0 Å². The number of hydrogen-bond donors (Lipinski definition) is 0. The first-order chi connectivity index (χ1) is 6.13. The van der Waals surface area contributed by atoms with Gasteiger partial charge in [0, 0.05) is 6.42 Å². The Morgan fingerprint density at radius 2 is 1.79 bits per heavy atom. The van der Waals surface area contributed by atoms with Gasteiger partial charge in [-0.2, -0.15) is 13.2 Å². The number of hydrogen-bond acceptors (Lipinski definition) is 2. The molecule has 0 saturated heterocycles. The highest BCUT2D eigenvalue weighted by Crippen LogP contribution is 2.21. The lowest BCUT2D eigenvalue weighted by Crippen LogP contribution is -2.25. The van der Waals surface area contributed by atoms with Gasteiger partial charge in [-0.3, -0.25) is 0 Å². The van der Waals surface area contributed by atoms with Crippen molar-refractivity contribution in [2.45, 2.75) is 44.5 Å². The Morgan fingerprint density at radius 3 is 2.14 bits per heavy atom. The number of rotatable bonds is 3. The molecule has 0 unspecified atom stereocenters. The van der Waals surface area contributed by atoms with Crippen molar-refractivity contribution in [2.75, 3.05) is 0 Å². The summed E-state index contributed by atoms with van der Waals surface area (Å²) in [5.74, 6) is 0. The van der Waals surface area contributed by atoms with Crippen LogP contribution in [-0.2, 0) is 11.4 Å². The van der Waals surface area contributed by atoms with Crippen LogP contribution in [0.15, 0.2) is 4.40 Å². The highest BCUT2D eigenvalue weighted by Gasteiger charge is 2.27. The zero-order valence-corrected chi connectivity index (χ0v) is 9.21. The zero-order valence-electron chi connectivity index (χ0n) is 8.39. The van der Waals surface area contributed by atoms with E-state index >= 15 is 0 Å². The van der Waals surface area contributed by atoms with Crippen molar-refractivity contribution in [3.8, 4) is 0 Å². The van der Waals surface area contributed by atoms with E-state index in [1.807, 2.05) is 0 Å². The maximum Gasteiger partial charge on any atom is 0.389 e. The van der Waals surface area contributed by atoms with Crippen molar-refractivity contribution >= 4 is 17.6 Å². The second-order valence-corrected chi connectivity index (χ2v) is 5.74. The van der Waals surface area contributed by atoms with Crippen LogP contribution in [0.2, 0.25) is 0 Å². The third-order valence-corrected chi connectivity index (χ3v) is 2.64. The van der Waals surface area contributed by atoms with Crippen LogP contribution in [0.3, 0.4) is 0 Å². The van der Waals surface area contributed by atoms with Crippen molar-refractivity contribution in [3.63, 3.8) is 0 Å². The van der Waals surface area contributed by atoms with Gasteiger partial charge >= 0.3 is 6.18 Å². The second kappa shape index (κ2) is 5.02. The Bertz CT molecular complexity index is 198. The standard InChI is InChI=1S/C8H14F3NOS/c1-7(2,3)14(13)12-6-4-5-8(9,10)11/h6H,4-5H2,1-3H3/b12-6+/t14-/m1/s1. The fourth-order valence-corrected chi connectivity index (χ4v) is 1.06. The van der Waals surface area contributed by atoms with Gasteiger partial charge in [-0.05, 0) is 27.2 Å². The molecule has 0 N–H and O–H groups in total. The molecule has 0 bridgehead atoms. The first-order valence-corrected chi connectivity index (χ1v) is 5.25. The molecule has 14 heavy (non-hydrogen) atoms. The minimum atomic E-state index is -4.17. The fraction of sp³-hybridized carbons (Fsp3) is 0.875. The quantitative estimate of drug-likeness (QED) is 0.541. The first-order valence-electron chi connectivity index (χ1n) is 4.14. The van der Waals surface area contributed by atoms with E-state index in [1.54, 1.807) is 20.8 Å². The average Bonchev–Trinajstić information content (AvgIpc) is 1.93. The molecule has 84 valence electrons. The van der Waals surface area contributed by atoms with Crippen LogP contribution in [0.1, 0.15) is 33.6 Å². The highest BCUT2D eigenvalue weighted by atomic mass is 32.2. The van der Waals surface area contributed by atoms with E-state index in [-0.39, 0.29) is 6.42 Å². The molecule has 6 heteroatoms. The summed E-state index contributed by atoms with van der Waals surface area (Å²) < 4.78 is 49.3. The summed E-state index contributed by atoms with van der Waals surface area (Å²) in [5, 5.41) is 0. The van der Waals surface area contributed by atoms with E-state index in [0.29, 0.717) is 0 Å². The second-order valence-electron chi connectivity index (χ2n) is 3.80. The Kier molecular flexibility index (Phi) is 4.94. The van der Waals surface area contributed by atoms with Crippen LogP contribution in [0, 0.1) is 0 Å². The summed E-state index contributed by atoms with van der Waals surface area (Å²) in [4.78, 5) is 0. The van der Waals surface area contributed by atoms with Gasteiger partial charge in [0.1, 0.15) is 16.1 Å². The summed E-state index contributed by atoms with van der Waals surface area (Å²) >= 11 is -1.46. The van der Waals surface area contributed by atoms with E-state index in [1.165, 1.54) is 0 Å². The maximum atomic E-state index is 11.7. The van der Waals surface area contributed by atoms with Gasteiger partial charge in [0.15, 0.2) is 0 Å². The van der Waals surface area contributed by atoms with E-state index in [0.717, 1.165) is 6.21 Å². The lowest BCUT2D eigenvalue weighted by molar-refractivity contribution is -0.132. The molecule has 0 aliphatic heterocycles. The molecule has 0 aromatic rings.